The number of hydrogen-bond donors (Lipinski definition) is 0. The fourth-order valence-corrected chi connectivity index (χ4v) is 4.95. The molecule has 5 heteroatoms. The smallest absolute Gasteiger partial charge is 0.297 e. The van der Waals surface area contributed by atoms with Gasteiger partial charge in [0.05, 0.1) is 10.2 Å². The van der Waals surface area contributed by atoms with E-state index in [9.17, 15) is 4.79 Å². The molecule has 0 unspecified atom stereocenters. The van der Waals surface area contributed by atoms with Crippen LogP contribution in [0.15, 0.2) is 47.3 Å². The highest BCUT2D eigenvalue weighted by Gasteiger charge is 2.15. The second-order valence-electron chi connectivity index (χ2n) is 7.22. The molecule has 0 fully saturated rings. The zero-order valence-electron chi connectivity index (χ0n) is 15.8. The van der Waals surface area contributed by atoms with Gasteiger partial charge in [0, 0.05) is 19.6 Å². The van der Waals surface area contributed by atoms with E-state index in [-0.39, 0.29) is 17.3 Å². The van der Waals surface area contributed by atoms with Crippen molar-refractivity contribution in [3.63, 3.8) is 0 Å². The van der Waals surface area contributed by atoms with E-state index in [1.165, 1.54) is 34.4 Å². The monoisotopic (exact) mass is 402 g/mol. The molecule has 0 aliphatic carbocycles. The lowest BCUT2D eigenvalue weighted by molar-refractivity contribution is 0.259. The van der Waals surface area contributed by atoms with Gasteiger partial charge in [-0.1, -0.05) is 55.0 Å². The summed E-state index contributed by atoms with van der Waals surface area (Å²) in [5.74, 6) is 0. The third-order valence-electron chi connectivity index (χ3n) is 5.34. The van der Waals surface area contributed by atoms with Gasteiger partial charge in [0.2, 0.25) is 0 Å². The lowest BCUT2D eigenvalue weighted by atomic mass is 10.0. The molecule has 0 radical (unpaired) electrons. The molecule has 27 heavy (non-hydrogen) atoms. The van der Waals surface area contributed by atoms with Gasteiger partial charge in [-0.3, -0.25) is 14.3 Å². The summed E-state index contributed by atoms with van der Waals surface area (Å²) >= 11 is 1.39. The van der Waals surface area contributed by atoms with Crippen LogP contribution in [0.2, 0.25) is 0 Å². The Kier molecular flexibility index (Phi) is 6.74. The van der Waals surface area contributed by atoms with Gasteiger partial charge in [0.15, 0.2) is 0 Å². The van der Waals surface area contributed by atoms with Gasteiger partial charge in [0.1, 0.15) is 0 Å². The number of rotatable bonds is 5. The lowest BCUT2D eigenvalue weighted by Gasteiger charge is -2.20. The van der Waals surface area contributed by atoms with E-state index < -0.39 is 0 Å². The average Bonchev–Trinajstić information content (AvgIpc) is 2.82. The Morgan fingerprint density at radius 2 is 1.89 bits per heavy atom. The first-order valence-electron chi connectivity index (χ1n) is 9.66. The van der Waals surface area contributed by atoms with Gasteiger partial charge < -0.3 is 0 Å². The van der Waals surface area contributed by atoms with Crippen LogP contribution in [0.4, 0.5) is 0 Å². The standard InChI is InChI=1S/C22H26N2OS.ClH/c1-2-6-17-10-11-20-21(15-17)26-22(25)24(20)14-13-23-12-5-9-18-7-3-4-8-19(18)16-23;/h3-4,7-8,10-11,15H,2,5-6,9,12-14,16H2,1H3;1H. The summed E-state index contributed by atoms with van der Waals surface area (Å²) in [5.41, 5.74) is 5.35. The molecule has 3 nitrogen and oxygen atoms in total. The number of benzene rings is 2. The molecular formula is C22H27ClN2OS. The van der Waals surface area contributed by atoms with Crippen LogP contribution >= 0.6 is 23.7 Å². The van der Waals surface area contributed by atoms with Crippen molar-refractivity contribution in [1.82, 2.24) is 9.47 Å². The minimum atomic E-state index is 0. The molecule has 1 aliphatic heterocycles. The molecule has 3 aromatic rings. The number of fused-ring (bicyclic) bond motifs is 2. The summed E-state index contributed by atoms with van der Waals surface area (Å²) < 4.78 is 3.09. The molecule has 1 aromatic heterocycles. The van der Waals surface area contributed by atoms with Crippen LogP contribution in [0.1, 0.15) is 36.5 Å². The lowest BCUT2D eigenvalue weighted by Crippen LogP contribution is -2.29. The number of thiazole rings is 1. The third kappa shape index (κ3) is 4.45. The highest BCUT2D eigenvalue weighted by Crippen LogP contribution is 2.21. The molecule has 0 spiro atoms. The van der Waals surface area contributed by atoms with Crippen molar-refractivity contribution in [3.8, 4) is 0 Å². The summed E-state index contributed by atoms with van der Waals surface area (Å²) in [6.45, 7) is 5.99. The molecule has 4 rings (SSSR count). The Balaban J connectivity index is 0.00000210. The van der Waals surface area contributed by atoms with Crippen LogP contribution in [0.5, 0.6) is 0 Å². The number of aromatic nitrogens is 1. The maximum absolute atomic E-state index is 12.5. The van der Waals surface area contributed by atoms with Gasteiger partial charge >= 0.3 is 4.87 Å². The normalized spacial score (nSPS) is 14.6. The van der Waals surface area contributed by atoms with Crippen molar-refractivity contribution < 1.29 is 0 Å². The van der Waals surface area contributed by atoms with E-state index in [0.29, 0.717) is 0 Å². The topological polar surface area (TPSA) is 25.2 Å². The summed E-state index contributed by atoms with van der Waals surface area (Å²) in [4.78, 5) is 15.2. The fourth-order valence-electron chi connectivity index (χ4n) is 3.97. The van der Waals surface area contributed by atoms with E-state index in [0.717, 1.165) is 55.7 Å². The summed E-state index contributed by atoms with van der Waals surface area (Å²) in [6.07, 6.45) is 4.57. The Morgan fingerprint density at radius 3 is 2.70 bits per heavy atom. The molecule has 0 atom stereocenters. The fraction of sp³-hybridized carbons (Fsp3) is 0.409. The Morgan fingerprint density at radius 1 is 1.07 bits per heavy atom. The van der Waals surface area contributed by atoms with E-state index in [4.69, 9.17) is 0 Å². The van der Waals surface area contributed by atoms with Gasteiger partial charge in [0.25, 0.3) is 0 Å². The summed E-state index contributed by atoms with van der Waals surface area (Å²) in [6, 6.07) is 15.3. The molecule has 2 aromatic carbocycles. The summed E-state index contributed by atoms with van der Waals surface area (Å²) in [5, 5.41) is 0. The van der Waals surface area contributed by atoms with Crippen molar-refractivity contribution in [2.24, 2.45) is 0 Å². The van der Waals surface area contributed by atoms with Crippen LogP contribution in [0.3, 0.4) is 0 Å². The first-order chi connectivity index (χ1) is 12.7. The Hall–Kier alpha value is -1.62. The molecule has 0 bridgehead atoms. The van der Waals surface area contributed by atoms with Gasteiger partial charge in [-0.15, -0.1) is 12.4 Å². The highest BCUT2D eigenvalue weighted by atomic mass is 35.5. The van der Waals surface area contributed by atoms with Crippen LogP contribution in [0, 0.1) is 0 Å². The highest BCUT2D eigenvalue weighted by molar-refractivity contribution is 7.16. The number of hydrogen-bond acceptors (Lipinski definition) is 3. The maximum atomic E-state index is 12.5. The van der Waals surface area contributed by atoms with E-state index in [2.05, 4.69) is 54.3 Å². The number of aryl methyl sites for hydroxylation is 2. The van der Waals surface area contributed by atoms with Gasteiger partial charge in [-0.05, 0) is 54.6 Å². The zero-order chi connectivity index (χ0) is 17.9. The van der Waals surface area contributed by atoms with Crippen molar-refractivity contribution in [2.75, 3.05) is 13.1 Å². The SMILES string of the molecule is CCCc1ccc2c(c1)sc(=O)n2CCN1CCCc2ccccc2C1.Cl. The van der Waals surface area contributed by atoms with Gasteiger partial charge in [-0.2, -0.15) is 0 Å². The minimum Gasteiger partial charge on any atom is -0.297 e. The van der Waals surface area contributed by atoms with Crippen LogP contribution < -0.4 is 4.87 Å². The van der Waals surface area contributed by atoms with Crippen molar-refractivity contribution in [1.29, 1.82) is 0 Å². The second-order valence-corrected chi connectivity index (χ2v) is 8.21. The molecular weight excluding hydrogens is 376 g/mol. The van der Waals surface area contributed by atoms with Crippen LogP contribution in [-0.4, -0.2) is 22.6 Å². The first kappa shape index (κ1) is 20.1. The third-order valence-corrected chi connectivity index (χ3v) is 6.29. The summed E-state index contributed by atoms with van der Waals surface area (Å²) in [7, 11) is 0. The molecule has 1 aliphatic rings. The minimum absolute atomic E-state index is 0. The molecule has 144 valence electrons. The average molecular weight is 403 g/mol. The van der Waals surface area contributed by atoms with E-state index in [1.807, 2.05) is 4.57 Å². The number of halogens is 1. The molecule has 0 saturated carbocycles. The van der Waals surface area contributed by atoms with Crippen LogP contribution in [0.25, 0.3) is 10.2 Å². The predicted octanol–water partition coefficient (Wildman–Crippen LogP) is 4.89. The molecule has 0 N–H and O–H groups in total. The van der Waals surface area contributed by atoms with Crippen molar-refractivity contribution in [2.45, 2.75) is 45.7 Å². The van der Waals surface area contributed by atoms with Crippen LogP contribution in [-0.2, 0) is 25.9 Å². The molecule has 0 amide bonds. The van der Waals surface area contributed by atoms with E-state index in [1.54, 1.807) is 0 Å². The zero-order valence-corrected chi connectivity index (χ0v) is 17.5. The Bertz CT molecular complexity index is 962. The maximum Gasteiger partial charge on any atom is 0.308 e. The van der Waals surface area contributed by atoms with Crippen molar-refractivity contribution >= 4 is 34.0 Å². The molecule has 0 saturated heterocycles. The predicted molar refractivity (Wildman–Crippen MR) is 117 cm³/mol. The second kappa shape index (κ2) is 9.05. The largest absolute Gasteiger partial charge is 0.308 e. The number of nitrogens with zero attached hydrogens (tertiary/aromatic N) is 2. The quantitative estimate of drug-likeness (QED) is 0.607. The van der Waals surface area contributed by atoms with Gasteiger partial charge in [-0.25, -0.2) is 0 Å². The molecule has 2 heterocycles. The first-order valence-corrected chi connectivity index (χ1v) is 10.5. The van der Waals surface area contributed by atoms with E-state index >= 15 is 0 Å². The Labute approximate surface area is 171 Å². The van der Waals surface area contributed by atoms with Crippen molar-refractivity contribution in [3.05, 3.63) is 68.8 Å².